The van der Waals surface area contributed by atoms with E-state index >= 15 is 0 Å². The summed E-state index contributed by atoms with van der Waals surface area (Å²) < 4.78 is 10.2. The summed E-state index contributed by atoms with van der Waals surface area (Å²) in [6.45, 7) is 10.9. The molecule has 2 N–H and O–H groups in total. The first kappa shape index (κ1) is 43.9. The maximum Gasteiger partial charge on any atom is 0.305 e. The zero-order chi connectivity index (χ0) is 36.0. The van der Waals surface area contributed by atoms with Gasteiger partial charge in [0, 0.05) is 55.8 Å². The standard InChI is InChI=1S/C40H69N3O6/c1-5-9-11-13-15-17-19-21-27-41-39(46)34-31-35(40(47)42-28-22-20-18-16-14-12-10-6-2)33-36(32-34)43(29-23-25-37(44)48-7-3)30-24-26-38(45)49-8-4/h31-33H,5-30H2,1-4H3,(H,41,46)(H,42,47). The molecular formula is C40H69N3O6. The molecule has 49 heavy (non-hydrogen) atoms. The number of anilines is 1. The van der Waals surface area contributed by atoms with Crippen LogP contribution in [0.25, 0.3) is 0 Å². The number of esters is 2. The molecule has 0 saturated heterocycles. The van der Waals surface area contributed by atoms with Crippen LogP contribution in [-0.2, 0) is 19.1 Å². The fraction of sp³-hybridized carbons (Fsp3) is 0.750. The summed E-state index contributed by atoms with van der Waals surface area (Å²) >= 11 is 0. The van der Waals surface area contributed by atoms with Crippen molar-refractivity contribution < 1.29 is 28.7 Å². The lowest BCUT2D eigenvalue weighted by atomic mass is 10.1. The van der Waals surface area contributed by atoms with E-state index in [4.69, 9.17) is 9.47 Å². The number of hydrogen-bond acceptors (Lipinski definition) is 7. The molecule has 9 heteroatoms. The van der Waals surface area contributed by atoms with E-state index in [9.17, 15) is 19.2 Å². The zero-order valence-electron chi connectivity index (χ0n) is 31.5. The number of amides is 2. The van der Waals surface area contributed by atoms with E-state index in [1.165, 1.54) is 77.0 Å². The lowest BCUT2D eigenvalue weighted by Crippen LogP contribution is -2.30. The maximum atomic E-state index is 13.4. The third-order valence-corrected chi connectivity index (χ3v) is 8.67. The summed E-state index contributed by atoms with van der Waals surface area (Å²) in [4.78, 5) is 53.0. The van der Waals surface area contributed by atoms with Crippen LogP contribution in [0.15, 0.2) is 18.2 Å². The Morgan fingerprint density at radius 3 is 1.24 bits per heavy atom. The van der Waals surface area contributed by atoms with E-state index in [1.54, 1.807) is 19.9 Å². The molecular weight excluding hydrogens is 618 g/mol. The molecule has 0 saturated carbocycles. The van der Waals surface area contributed by atoms with Gasteiger partial charge < -0.3 is 25.0 Å². The summed E-state index contributed by atoms with van der Waals surface area (Å²) in [5, 5.41) is 6.12. The van der Waals surface area contributed by atoms with Gasteiger partial charge in [0.15, 0.2) is 0 Å². The molecule has 1 rings (SSSR count). The van der Waals surface area contributed by atoms with Gasteiger partial charge in [0.2, 0.25) is 0 Å². The Bertz CT molecular complexity index is 971. The first-order chi connectivity index (χ1) is 23.9. The highest BCUT2D eigenvalue weighted by Gasteiger charge is 2.17. The number of hydrogen-bond donors (Lipinski definition) is 2. The van der Waals surface area contributed by atoms with Crippen LogP contribution in [-0.4, -0.2) is 63.1 Å². The van der Waals surface area contributed by atoms with Crippen molar-refractivity contribution in [2.45, 2.75) is 156 Å². The highest BCUT2D eigenvalue weighted by Crippen LogP contribution is 2.22. The Morgan fingerprint density at radius 1 is 0.510 bits per heavy atom. The topological polar surface area (TPSA) is 114 Å². The van der Waals surface area contributed by atoms with E-state index in [0.717, 1.165) is 25.7 Å². The molecule has 0 radical (unpaired) electrons. The minimum Gasteiger partial charge on any atom is -0.466 e. The van der Waals surface area contributed by atoms with Gasteiger partial charge in [-0.1, -0.05) is 104 Å². The lowest BCUT2D eigenvalue weighted by molar-refractivity contribution is -0.144. The summed E-state index contributed by atoms with van der Waals surface area (Å²) in [5.41, 5.74) is 1.56. The molecule has 1 aromatic rings. The van der Waals surface area contributed by atoms with Crippen molar-refractivity contribution in [2.75, 3.05) is 44.3 Å². The molecule has 0 aliphatic carbocycles. The van der Waals surface area contributed by atoms with Gasteiger partial charge in [0.05, 0.1) is 13.2 Å². The molecule has 0 heterocycles. The molecule has 9 nitrogen and oxygen atoms in total. The van der Waals surface area contributed by atoms with Crippen LogP contribution in [0.1, 0.15) is 177 Å². The fourth-order valence-corrected chi connectivity index (χ4v) is 5.85. The SMILES string of the molecule is CCCCCCCCCCNC(=O)c1cc(C(=O)NCCCCCCCCCC)cc(N(CCCC(=O)OCC)CCCC(=O)OCC)c1. The second kappa shape index (κ2) is 29.8. The number of nitrogens with zero attached hydrogens (tertiary/aromatic N) is 1. The molecule has 0 atom stereocenters. The van der Waals surface area contributed by atoms with Crippen LogP contribution < -0.4 is 15.5 Å². The number of unbranched alkanes of at least 4 members (excludes halogenated alkanes) is 14. The van der Waals surface area contributed by atoms with E-state index in [0.29, 0.717) is 69.0 Å². The minimum absolute atomic E-state index is 0.208. The molecule has 1 aromatic carbocycles. The van der Waals surface area contributed by atoms with Crippen molar-refractivity contribution in [1.82, 2.24) is 10.6 Å². The van der Waals surface area contributed by atoms with Gasteiger partial charge in [0.1, 0.15) is 0 Å². The number of ether oxygens (including phenoxy) is 2. The molecule has 0 aromatic heterocycles. The van der Waals surface area contributed by atoms with Gasteiger partial charge in [-0.25, -0.2) is 0 Å². The Morgan fingerprint density at radius 2 is 0.878 bits per heavy atom. The molecule has 0 spiro atoms. The first-order valence-electron chi connectivity index (χ1n) is 19.6. The fourth-order valence-electron chi connectivity index (χ4n) is 5.85. The number of rotatable bonds is 31. The van der Waals surface area contributed by atoms with Crippen LogP contribution in [0.3, 0.4) is 0 Å². The normalized spacial score (nSPS) is 10.9. The average molecular weight is 688 g/mol. The van der Waals surface area contributed by atoms with Gasteiger partial charge in [-0.3, -0.25) is 19.2 Å². The molecule has 0 bridgehead atoms. The quantitative estimate of drug-likeness (QED) is 0.0592. The van der Waals surface area contributed by atoms with Crippen LogP contribution in [0.4, 0.5) is 5.69 Å². The molecule has 0 aliphatic rings. The largest absolute Gasteiger partial charge is 0.466 e. The van der Waals surface area contributed by atoms with Crippen molar-refractivity contribution in [3.8, 4) is 0 Å². The van der Waals surface area contributed by atoms with Crippen LogP contribution in [0.2, 0.25) is 0 Å². The van der Waals surface area contributed by atoms with Crippen molar-refractivity contribution >= 4 is 29.4 Å². The summed E-state index contributed by atoms with van der Waals surface area (Å²) in [6.07, 6.45) is 20.6. The van der Waals surface area contributed by atoms with Crippen molar-refractivity contribution in [1.29, 1.82) is 0 Å². The number of benzene rings is 1. The number of nitrogens with one attached hydrogen (secondary N) is 2. The Hall–Kier alpha value is -3.10. The number of carbonyl (C=O) groups excluding carboxylic acids is 4. The smallest absolute Gasteiger partial charge is 0.305 e. The van der Waals surface area contributed by atoms with Crippen LogP contribution in [0, 0.1) is 0 Å². The highest BCUT2D eigenvalue weighted by atomic mass is 16.5. The van der Waals surface area contributed by atoms with Gasteiger partial charge >= 0.3 is 11.9 Å². The van der Waals surface area contributed by atoms with Crippen molar-refractivity contribution in [2.24, 2.45) is 0 Å². The van der Waals surface area contributed by atoms with E-state index in [2.05, 4.69) is 24.5 Å². The predicted octanol–water partition coefficient (Wildman–Crippen LogP) is 8.92. The van der Waals surface area contributed by atoms with Crippen LogP contribution in [0.5, 0.6) is 0 Å². The molecule has 0 unspecified atom stereocenters. The van der Waals surface area contributed by atoms with E-state index in [1.807, 2.05) is 17.0 Å². The lowest BCUT2D eigenvalue weighted by Gasteiger charge is -2.26. The van der Waals surface area contributed by atoms with Crippen LogP contribution >= 0.6 is 0 Å². The number of carbonyl (C=O) groups is 4. The second-order valence-electron chi connectivity index (χ2n) is 13.0. The maximum absolute atomic E-state index is 13.4. The first-order valence-corrected chi connectivity index (χ1v) is 19.6. The van der Waals surface area contributed by atoms with E-state index < -0.39 is 0 Å². The minimum atomic E-state index is -0.260. The summed E-state index contributed by atoms with van der Waals surface area (Å²) in [7, 11) is 0. The molecule has 0 aliphatic heterocycles. The zero-order valence-corrected chi connectivity index (χ0v) is 31.5. The Balaban J connectivity index is 3.01. The van der Waals surface area contributed by atoms with Gasteiger partial charge in [0.25, 0.3) is 11.8 Å². The predicted molar refractivity (Wildman–Crippen MR) is 200 cm³/mol. The third-order valence-electron chi connectivity index (χ3n) is 8.67. The third kappa shape index (κ3) is 22.3. The Labute approximate surface area is 298 Å². The van der Waals surface area contributed by atoms with Crippen molar-refractivity contribution in [3.05, 3.63) is 29.3 Å². The Kier molecular flexibility index (Phi) is 26.7. The van der Waals surface area contributed by atoms with E-state index in [-0.39, 0.29) is 36.6 Å². The second-order valence-corrected chi connectivity index (χ2v) is 13.0. The van der Waals surface area contributed by atoms with Gasteiger partial charge in [-0.15, -0.1) is 0 Å². The van der Waals surface area contributed by atoms with Crippen molar-refractivity contribution in [3.63, 3.8) is 0 Å². The summed E-state index contributed by atoms with van der Waals surface area (Å²) in [6, 6.07) is 5.30. The summed E-state index contributed by atoms with van der Waals surface area (Å²) in [5.74, 6) is -0.937. The molecule has 0 fully saturated rings. The molecule has 2 amide bonds. The highest BCUT2D eigenvalue weighted by molar-refractivity contribution is 6.01. The van der Waals surface area contributed by atoms with Gasteiger partial charge in [-0.05, 0) is 57.7 Å². The van der Waals surface area contributed by atoms with Gasteiger partial charge in [-0.2, -0.15) is 0 Å². The molecule has 280 valence electrons. The monoisotopic (exact) mass is 688 g/mol. The average Bonchev–Trinajstić information content (AvgIpc) is 3.09.